The van der Waals surface area contributed by atoms with Crippen molar-refractivity contribution in [2.45, 2.75) is 12.5 Å². The predicted molar refractivity (Wildman–Crippen MR) is 97.1 cm³/mol. The van der Waals surface area contributed by atoms with Crippen LogP contribution < -0.4 is 10.3 Å². The van der Waals surface area contributed by atoms with Gasteiger partial charge in [-0.25, -0.2) is 18.6 Å². The number of benzene rings is 1. The number of aliphatic hydroxyl groups is 1. The molecule has 2 aromatic heterocycles. The highest BCUT2D eigenvalue weighted by Crippen LogP contribution is 2.33. The number of pyridine rings is 2. The van der Waals surface area contributed by atoms with Crippen molar-refractivity contribution in [3.63, 3.8) is 0 Å². The average Bonchev–Trinajstić information content (AvgIpc) is 3.09. The van der Waals surface area contributed by atoms with E-state index in [1.807, 2.05) is 0 Å². The third-order valence-corrected chi connectivity index (χ3v) is 4.76. The number of hydrogen-bond donors (Lipinski definition) is 2. The van der Waals surface area contributed by atoms with E-state index in [1.54, 1.807) is 12.1 Å². The van der Waals surface area contributed by atoms with Gasteiger partial charge >= 0.3 is 5.97 Å². The highest BCUT2D eigenvalue weighted by atomic mass is 19.1. The van der Waals surface area contributed by atoms with Crippen LogP contribution in [0.2, 0.25) is 0 Å². The lowest BCUT2D eigenvalue weighted by atomic mass is 10.1. The van der Waals surface area contributed by atoms with E-state index in [0.29, 0.717) is 6.42 Å². The van der Waals surface area contributed by atoms with E-state index < -0.39 is 40.1 Å². The molecule has 1 fully saturated rings. The van der Waals surface area contributed by atoms with Gasteiger partial charge < -0.3 is 15.1 Å². The Labute approximate surface area is 157 Å². The van der Waals surface area contributed by atoms with E-state index >= 15 is 4.39 Å². The molecule has 1 atom stereocenters. The number of halogens is 2. The second-order valence-electron chi connectivity index (χ2n) is 6.54. The third kappa shape index (κ3) is 2.80. The van der Waals surface area contributed by atoms with Gasteiger partial charge in [0.15, 0.2) is 5.82 Å². The summed E-state index contributed by atoms with van der Waals surface area (Å²) in [7, 11) is 0. The molecule has 0 saturated carbocycles. The molecule has 0 bridgehead atoms. The topological polar surface area (TPSA) is 95.7 Å². The third-order valence-electron chi connectivity index (χ3n) is 4.76. The zero-order chi connectivity index (χ0) is 20.0. The Morgan fingerprint density at radius 1 is 1.29 bits per heavy atom. The Kier molecular flexibility index (Phi) is 4.31. The van der Waals surface area contributed by atoms with Crippen LogP contribution in [0.15, 0.2) is 41.5 Å². The van der Waals surface area contributed by atoms with Crippen LogP contribution >= 0.6 is 0 Å². The van der Waals surface area contributed by atoms with E-state index in [1.165, 1.54) is 17.2 Å². The zero-order valence-electron chi connectivity index (χ0n) is 14.5. The van der Waals surface area contributed by atoms with Gasteiger partial charge in [-0.1, -0.05) is 6.07 Å². The van der Waals surface area contributed by atoms with Gasteiger partial charge in [0.25, 0.3) is 0 Å². The minimum Gasteiger partial charge on any atom is -0.477 e. The number of β-amino-alcohol motifs (C(OH)–C–C–N with tert-alkyl or cyclic N) is 1. The second kappa shape index (κ2) is 6.68. The minimum absolute atomic E-state index is 0.0559. The molecule has 9 heteroatoms. The molecular formula is C19H15F2N3O4. The SMILES string of the molecule is O=C(O)c1cn(-c2ccccn2)c2c(F)c(N3CCC(O)C3)c(F)cc2c1=O. The summed E-state index contributed by atoms with van der Waals surface area (Å²) in [6.45, 7) is 0.307. The molecule has 4 rings (SSSR count). The highest BCUT2D eigenvalue weighted by molar-refractivity contribution is 5.94. The number of hydrogen-bond acceptors (Lipinski definition) is 5. The van der Waals surface area contributed by atoms with Crippen molar-refractivity contribution in [2.75, 3.05) is 18.0 Å². The molecule has 144 valence electrons. The number of fused-ring (bicyclic) bond motifs is 1. The van der Waals surface area contributed by atoms with E-state index in [2.05, 4.69) is 4.98 Å². The molecule has 1 aliphatic heterocycles. The summed E-state index contributed by atoms with van der Waals surface area (Å²) in [6.07, 6.45) is 2.07. The van der Waals surface area contributed by atoms with Gasteiger partial charge in [0, 0.05) is 25.5 Å². The van der Waals surface area contributed by atoms with Crippen molar-refractivity contribution < 1.29 is 23.8 Å². The first-order valence-corrected chi connectivity index (χ1v) is 8.53. The maximum absolute atomic E-state index is 15.5. The highest BCUT2D eigenvalue weighted by Gasteiger charge is 2.29. The summed E-state index contributed by atoms with van der Waals surface area (Å²) in [5, 5.41) is 18.6. The second-order valence-corrected chi connectivity index (χ2v) is 6.54. The lowest BCUT2D eigenvalue weighted by molar-refractivity contribution is 0.0695. The van der Waals surface area contributed by atoms with Crippen LogP contribution in [0.25, 0.3) is 16.7 Å². The smallest absolute Gasteiger partial charge is 0.341 e. The fourth-order valence-electron chi connectivity index (χ4n) is 3.47. The van der Waals surface area contributed by atoms with Crippen molar-refractivity contribution in [2.24, 2.45) is 0 Å². The molecule has 0 aliphatic carbocycles. The van der Waals surface area contributed by atoms with Crippen LogP contribution in [0.1, 0.15) is 16.8 Å². The average molecular weight is 387 g/mol. The fraction of sp³-hybridized carbons (Fsp3) is 0.211. The Balaban J connectivity index is 2.10. The quantitative estimate of drug-likeness (QED) is 0.713. The normalized spacial score (nSPS) is 16.7. The lowest BCUT2D eigenvalue weighted by Crippen LogP contribution is -2.25. The van der Waals surface area contributed by atoms with E-state index in [0.717, 1.165) is 16.8 Å². The van der Waals surface area contributed by atoms with Gasteiger partial charge in [0.1, 0.15) is 22.9 Å². The van der Waals surface area contributed by atoms with Crippen LogP contribution in [0.5, 0.6) is 0 Å². The molecule has 0 spiro atoms. The zero-order valence-corrected chi connectivity index (χ0v) is 14.5. The van der Waals surface area contributed by atoms with Crippen LogP contribution in [0.4, 0.5) is 14.5 Å². The van der Waals surface area contributed by atoms with Crippen molar-refractivity contribution >= 4 is 22.6 Å². The summed E-state index contributed by atoms with van der Waals surface area (Å²) in [5.41, 5.74) is -2.25. The first kappa shape index (κ1) is 18.1. The number of aromatic nitrogens is 2. The molecule has 2 N–H and O–H groups in total. The summed E-state index contributed by atoms with van der Waals surface area (Å²) >= 11 is 0. The number of aromatic carboxylic acids is 1. The molecule has 0 radical (unpaired) electrons. The van der Waals surface area contributed by atoms with Crippen molar-refractivity contribution in [1.29, 1.82) is 0 Å². The molecule has 3 heterocycles. The van der Waals surface area contributed by atoms with Crippen molar-refractivity contribution in [3.05, 3.63) is 64.1 Å². The maximum atomic E-state index is 15.5. The van der Waals surface area contributed by atoms with Crippen molar-refractivity contribution in [1.82, 2.24) is 9.55 Å². The van der Waals surface area contributed by atoms with Crippen LogP contribution in [0.3, 0.4) is 0 Å². The van der Waals surface area contributed by atoms with Crippen LogP contribution in [-0.2, 0) is 0 Å². The number of aliphatic hydroxyl groups excluding tert-OH is 1. The Morgan fingerprint density at radius 3 is 2.68 bits per heavy atom. The van der Waals surface area contributed by atoms with E-state index in [4.69, 9.17) is 0 Å². The largest absolute Gasteiger partial charge is 0.477 e. The number of carboxylic acids is 1. The summed E-state index contributed by atoms with van der Waals surface area (Å²) in [6, 6.07) is 5.59. The molecule has 0 amide bonds. The molecule has 3 aromatic rings. The molecular weight excluding hydrogens is 372 g/mol. The summed E-state index contributed by atoms with van der Waals surface area (Å²) in [5.74, 6) is -3.34. The standard InChI is InChI=1S/C19H15F2N3O4/c20-13-7-11-16(15(21)17(13)23-6-4-10(25)8-23)24(14-3-1-2-5-22-14)9-12(18(11)26)19(27)28/h1-3,5,7,9-10,25H,4,6,8H2,(H,27,28). The number of carboxylic acid groups (broad SMARTS) is 1. The molecule has 28 heavy (non-hydrogen) atoms. The van der Waals surface area contributed by atoms with Gasteiger partial charge in [0.2, 0.25) is 5.43 Å². The molecule has 1 aliphatic rings. The Bertz CT molecular complexity index is 1150. The Hall–Kier alpha value is -3.33. The van der Waals surface area contributed by atoms with E-state index in [9.17, 15) is 24.2 Å². The molecule has 1 aromatic carbocycles. The van der Waals surface area contributed by atoms with E-state index in [-0.39, 0.29) is 30.1 Å². The first-order valence-electron chi connectivity index (χ1n) is 8.53. The maximum Gasteiger partial charge on any atom is 0.341 e. The molecule has 7 nitrogen and oxygen atoms in total. The number of anilines is 1. The molecule has 1 unspecified atom stereocenters. The van der Waals surface area contributed by atoms with Gasteiger partial charge in [-0.05, 0) is 24.6 Å². The summed E-state index contributed by atoms with van der Waals surface area (Å²) in [4.78, 5) is 29.5. The van der Waals surface area contributed by atoms with Crippen LogP contribution in [0, 0.1) is 11.6 Å². The van der Waals surface area contributed by atoms with Crippen LogP contribution in [-0.4, -0.2) is 44.9 Å². The first-order chi connectivity index (χ1) is 13.4. The lowest BCUT2D eigenvalue weighted by Gasteiger charge is -2.21. The number of rotatable bonds is 3. The number of carbonyl (C=O) groups is 1. The van der Waals surface area contributed by atoms with Crippen molar-refractivity contribution in [3.8, 4) is 5.82 Å². The van der Waals surface area contributed by atoms with Gasteiger partial charge in [-0.15, -0.1) is 0 Å². The Morgan fingerprint density at radius 2 is 2.07 bits per heavy atom. The fourth-order valence-corrected chi connectivity index (χ4v) is 3.47. The summed E-state index contributed by atoms with van der Waals surface area (Å²) < 4.78 is 31.3. The van der Waals surface area contributed by atoms with Gasteiger partial charge in [-0.2, -0.15) is 0 Å². The van der Waals surface area contributed by atoms with Gasteiger partial charge in [0.05, 0.1) is 17.0 Å². The number of nitrogens with zero attached hydrogens (tertiary/aromatic N) is 3. The predicted octanol–water partition coefficient (Wildman–Crippen LogP) is 1.93. The van der Waals surface area contributed by atoms with Gasteiger partial charge in [-0.3, -0.25) is 9.36 Å². The monoisotopic (exact) mass is 387 g/mol. The minimum atomic E-state index is -1.51. The molecule has 1 saturated heterocycles.